The molecule has 1 saturated carbocycles. The lowest BCUT2D eigenvalue weighted by molar-refractivity contribution is -0.210. The number of carbonyl (C=O) groups is 2. The number of hydrogen-bond donors (Lipinski definition) is 0. The van der Waals surface area contributed by atoms with Gasteiger partial charge in [-0.15, -0.1) is 0 Å². The summed E-state index contributed by atoms with van der Waals surface area (Å²) in [6.07, 6.45) is 1.41. The van der Waals surface area contributed by atoms with Gasteiger partial charge in [0, 0.05) is 29.9 Å². The van der Waals surface area contributed by atoms with Crippen molar-refractivity contribution >= 4 is 11.8 Å². The number of hydrogen-bond acceptors (Lipinski definition) is 4. The number of rotatable bonds is 5. The van der Waals surface area contributed by atoms with E-state index in [1.54, 1.807) is 12.1 Å². The van der Waals surface area contributed by atoms with E-state index >= 15 is 0 Å². The largest absolute Gasteiger partial charge is 0.461 e. The van der Waals surface area contributed by atoms with Crippen LogP contribution in [0.2, 0.25) is 0 Å². The Labute approximate surface area is 130 Å². The van der Waals surface area contributed by atoms with E-state index < -0.39 is 0 Å². The Morgan fingerprint density at radius 2 is 1.95 bits per heavy atom. The van der Waals surface area contributed by atoms with E-state index in [1.165, 1.54) is 0 Å². The second-order valence-corrected chi connectivity index (χ2v) is 6.76. The number of carbonyl (C=O) groups excluding carboxylic acids is 2. The van der Waals surface area contributed by atoms with Crippen LogP contribution in [0.3, 0.4) is 0 Å². The summed E-state index contributed by atoms with van der Waals surface area (Å²) in [7, 11) is 0. The van der Waals surface area contributed by atoms with Crippen LogP contribution in [0.1, 0.15) is 43.5 Å². The molecule has 22 heavy (non-hydrogen) atoms. The van der Waals surface area contributed by atoms with Gasteiger partial charge in [0.15, 0.2) is 5.78 Å². The first-order valence-electron chi connectivity index (χ1n) is 7.89. The van der Waals surface area contributed by atoms with Crippen molar-refractivity contribution in [1.29, 1.82) is 0 Å². The fraction of sp³-hybridized carbons (Fsp3) is 0.556. The zero-order valence-electron chi connectivity index (χ0n) is 13.1. The van der Waals surface area contributed by atoms with Crippen LogP contribution in [0.15, 0.2) is 30.3 Å². The average Bonchev–Trinajstić information content (AvgIpc) is 2.98. The third-order valence-electron chi connectivity index (χ3n) is 4.90. The lowest BCUT2D eigenvalue weighted by atomic mass is 9.59. The van der Waals surface area contributed by atoms with E-state index in [0.29, 0.717) is 11.5 Å². The smallest absolute Gasteiger partial charge is 0.306 e. The van der Waals surface area contributed by atoms with Crippen LogP contribution >= 0.6 is 0 Å². The molecule has 4 nitrogen and oxygen atoms in total. The van der Waals surface area contributed by atoms with E-state index in [-0.39, 0.29) is 42.2 Å². The van der Waals surface area contributed by atoms with Crippen LogP contribution in [0.25, 0.3) is 0 Å². The molecule has 0 bridgehead atoms. The summed E-state index contributed by atoms with van der Waals surface area (Å²) in [5.74, 6) is 0.0176. The first-order chi connectivity index (χ1) is 10.5. The Hall–Kier alpha value is -1.68. The van der Waals surface area contributed by atoms with Crippen molar-refractivity contribution in [2.24, 2.45) is 11.3 Å². The second kappa shape index (κ2) is 5.84. The molecule has 2 fully saturated rings. The van der Waals surface area contributed by atoms with Gasteiger partial charge in [0.05, 0.1) is 12.5 Å². The first-order valence-corrected chi connectivity index (χ1v) is 7.89. The highest BCUT2D eigenvalue weighted by atomic mass is 16.6. The molecule has 1 aromatic rings. The Bertz CT molecular complexity index is 564. The minimum absolute atomic E-state index is 0.0208. The molecule has 118 valence electrons. The van der Waals surface area contributed by atoms with Crippen molar-refractivity contribution in [3.8, 4) is 0 Å². The minimum atomic E-state index is -0.285. The van der Waals surface area contributed by atoms with Gasteiger partial charge >= 0.3 is 5.97 Å². The third kappa shape index (κ3) is 2.68. The summed E-state index contributed by atoms with van der Waals surface area (Å²) in [6, 6.07) is 9.04. The summed E-state index contributed by atoms with van der Waals surface area (Å²) in [6.45, 7) is 4.90. The highest BCUT2D eigenvalue weighted by Crippen LogP contribution is 2.53. The summed E-state index contributed by atoms with van der Waals surface area (Å²) in [5.41, 5.74) is 0.517. The van der Waals surface area contributed by atoms with Gasteiger partial charge < -0.3 is 9.47 Å². The third-order valence-corrected chi connectivity index (χ3v) is 4.90. The zero-order valence-corrected chi connectivity index (χ0v) is 13.1. The molecule has 1 aliphatic carbocycles. The molecule has 0 aromatic heterocycles. The molecule has 0 N–H and O–H groups in total. The fourth-order valence-electron chi connectivity index (χ4n) is 3.70. The molecular formula is C18H22O4. The Kier molecular flexibility index (Phi) is 4.04. The van der Waals surface area contributed by atoms with Crippen molar-refractivity contribution in [1.82, 2.24) is 0 Å². The summed E-state index contributed by atoms with van der Waals surface area (Å²) >= 11 is 0. The highest BCUT2D eigenvalue weighted by molar-refractivity contribution is 5.97. The van der Waals surface area contributed by atoms with Gasteiger partial charge in [-0.05, 0) is 6.42 Å². The molecule has 0 unspecified atom stereocenters. The normalized spacial score (nSPS) is 28.5. The fourth-order valence-corrected chi connectivity index (χ4v) is 3.70. The highest BCUT2D eigenvalue weighted by Gasteiger charge is 2.61. The maximum Gasteiger partial charge on any atom is 0.306 e. The van der Waals surface area contributed by atoms with Gasteiger partial charge in [0.25, 0.3) is 0 Å². The lowest BCUT2D eigenvalue weighted by Gasteiger charge is -2.53. The number of benzene rings is 1. The molecule has 0 spiro atoms. The minimum Gasteiger partial charge on any atom is -0.461 e. The van der Waals surface area contributed by atoms with Crippen molar-refractivity contribution in [3.63, 3.8) is 0 Å². The maximum atomic E-state index is 12.0. The van der Waals surface area contributed by atoms with E-state index in [0.717, 1.165) is 13.0 Å². The molecule has 2 aliphatic rings. The molecule has 1 heterocycles. The summed E-state index contributed by atoms with van der Waals surface area (Å²) < 4.78 is 11.3. The van der Waals surface area contributed by atoms with Crippen LogP contribution < -0.4 is 0 Å². The average molecular weight is 302 g/mol. The van der Waals surface area contributed by atoms with Crippen LogP contribution in [-0.4, -0.2) is 30.6 Å². The van der Waals surface area contributed by atoms with Crippen LogP contribution in [0.5, 0.6) is 0 Å². The first kappa shape index (κ1) is 15.2. The molecule has 1 aromatic carbocycles. The van der Waals surface area contributed by atoms with E-state index in [2.05, 4.69) is 13.8 Å². The molecule has 4 heteroatoms. The quantitative estimate of drug-likeness (QED) is 0.620. The predicted molar refractivity (Wildman–Crippen MR) is 81.5 cm³/mol. The predicted octanol–water partition coefficient (Wildman–Crippen LogP) is 3.01. The Morgan fingerprint density at radius 3 is 2.68 bits per heavy atom. The van der Waals surface area contributed by atoms with Crippen molar-refractivity contribution < 1.29 is 19.1 Å². The van der Waals surface area contributed by atoms with Crippen molar-refractivity contribution in [2.75, 3.05) is 6.61 Å². The number of esters is 1. The SMILES string of the molecule is CC1(C)[C@@H]2OCC[C@@H]2[C@@H]1OC(=O)CCC(=O)c1ccccc1. The Balaban J connectivity index is 1.50. The van der Waals surface area contributed by atoms with Gasteiger partial charge in [-0.25, -0.2) is 0 Å². The Morgan fingerprint density at radius 1 is 1.23 bits per heavy atom. The van der Waals surface area contributed by atoms with Crippen LogP contribution in [0, 0.1) is 11.3 Å². The van der Waals surface area contributed by atoms with Gasteiger partial charge in [0.1, 0.15) is 6.10 Å². The van der Waals surface area contributed by atoms with E-state index in [9.17, 15) is 9.59 Å². The second-order valence-electron chi connectivity index (χ2n) is 6.76. The lowest BCUT2D eigenvalue weighted by Crippen LogP contribution is -2.61. The number of ether oxygens (including phenoxy) is 2. The maximum absolute atomic E-state index is 12.0. The molecular weight excluding hydrogens is 280 g/mol. The molecule has 0 radical (unpaired) electrons. The number of ketones is 1. The summed E-state index contributed by atoms with van der Waals surface area (Å²) in [4.78, 5) is 24.0. The van der Waals surface area contributed by atoms with Gasteiger partial charge in [-0.3, -0.25) is 9.59 Å². The molecule has 1 aliphatic heterocycles. The van der Waals surface area contributed by atoms with Gasteiger partial charge in [0.2, 0.25) is 0 Å². The standard InChI is InChI=1S/C18H22O4/c1-18(2)16-13(10-11-21-16)17(18)22-15(20)9-8-14(19)12-6-4-3-5-7-12/h3-7,13,16-17H,8-11H2,1-2H3/t13-,16+,17-/m0/s1. The molecule has 3 atom stereocenters. The van der Waals surface area contributed by atoms with Crippen molar-refractivity contribution in [2.45, 2.75) is 45.3 Å². The van der Waals surface area contributed by atoms with Gasteiger partial charge in [-0.1, -0.05) is 44.2 Å². The molecule has 0 amide bonds. The van der Waals surface area contributed by atoms with E-state index in [1.807, 2.05) is 18.2 Å². The van der Waals surface area contributed by atoms with E-state index in [4.69, 9.17) is 9.47 Å². The number of fused-ring (bicyclic) bond motifs is 1. The monoisotopic (exact) mass is 302 g/mol. The van der Waals surface area contributed by atoms with Gasteiger partial charge in [-0.2, -0.15) is 0 Å². The van der Waals surface area contributed by atoms with Crippen LogP contribution in [-0.2, 0) is 14.3 Å². The summed E-state index contributed by atoms with van der Waals surface area (Å²) in [5, 5.41) is 0. The number of Topliss-reactive ketones (excluding diaryl/α,β-unsaturated/α-hetero) is 1. The van der Waals surface area contributed by atoms with Crippen LogP contribution in [0.4, 0.5) is 0 Å². The van der Waals surface area contributed by atoms with Crippen molar-refractivity contribution in [3.05, 3.63) is 35.9 Å². The topological polar surface area (TPSA) is 52.6 Å². The zero-order chi connectivity index (χ0) is 15.7. The molecule has 3 rings (SSSR count). The molecule has 1 saturated heterocycles.